The van der Waals surface area contributed by atoms with Gasteiger partial charge in [0.15, 0.2) is 0 Å². The van der Waals surface area contributed by atoms with E-state index in [2.05, 4.69) is 9.97 Å². The van der Waals surface area contributed by atoms with Crippen LogP contribution in [0.5, 0.6) is 0 Å². The van der Waals surface area contributed by atoms with E-state index in [4.69, 9.17) is 0 Å². The fourth-order valence-electron chi connectivity index (χ4n) is 2.71. The van der Waals surface area contributed by atoms with E-state index in [0.29, 0.717) is 24.2 Å². The van der Waals surface area contributed by atoms with Crippen LogP contribution in [-0.2, 0) is 11.2 Å². The number of amides is 1. The summed E-state index contributed by atoms with van der Waals surface area (Å²) in [6.45, 7) is 2.52. The first-order valence-corrected chi connectivity index (χ1v) is 8.02. The van der Waals surface area contributed by atoms with E-state index in [1.807, 2.05) is 61.5 Å². The van der Waals surface area contributed by atoms with Crippen molar-refractivity contribution in [3.63, 3.8) is 0 Å². The smallest absolute Gasteiger partial charge is 0.270 e. The molecule has 3 aromatic rings. The van der Waals surface area contributed by atoms with Gasteiger partial charge in [-0.3, -0.25) is 9.59 Å². The van der Waals surface area contributed by atoms with Crippen LogP contribution in [0.15, 0.2) is 59.4 Å². The molecule has 0 spiro atoms. The Morgan fingerprint density at radius 3 is 2.54 bits per heavy atom. The highest BCUT2D eigenvalue weighted by Crippen LogP contribution is 2.15. The van der Waals surface area contributed by atoms with Crippen LogP contribution in [0.1, 0.15) is 19.0 Å². The zero-order valence-electron chi connectivity index (χ0n) is 13.5. The maximum Gasteiger partial charge on any atom is 0.270 e. The lowest BCUT2D eigenvalue weighted by Crippen LogP contribution is -2.31. The van der Waals surface area contributed by atoms with Gasteiger partial charge in [0.25, 0.3) is 5.56 Å². The van der Waals surface area contributed by atoms with Gasteiger partial charge in [0.2, 0.25) is 5.91 Å². The molecular formula is C19H19N3O2. The molecule has 0 aliphatic rings. The van der Waals surface area contributed by atoms with Crippen LogP contribution in [0.3, 0.4) is 0 Å². The Kier molecular flexibility index (Phi) is 4.70. The lowest BCUT2D eigenvalue weighted by atomic mass is 10.2. The topological polar surface area (TPSA) is 66.1 Å². The lowest BCUT2D eigenvalue weighted by Gasteiger charge is -2.20. The van der Waals surface area contributed by atoms with Crippen LogP contribution in [0, 0.1) is 0 Å². The maximum absolute atomic E-state index is 12.5. The summed E-state index contributed by atoms with van der Waals surface area (Å²) in [5, 5.41) is 0. The molecule has 1 amide bonds. The van der Waals surface area contributed by atoms with Crippen LogP contribution < -0.4 is 10.5 Å². The molecule has 5 heteroatoms. The summed E-state index contributed by atoms with van der Waals surface area (Å²) >= 11 is 0. The second-order valence-corrected chi connectivity index (χ2v) is 5.50. The molecule has 0 radical (unpaired) electrons. The zero-order chi connectivity index (χ0) is 16.9. The van der Waals surface area contributed by atoms with E-state index in [-0.39, 0.29) is 17.9 Å². The fraction of sp³-hybridized carbons (Fsp3) is 0.211. The van der Waals surface area contributed by atoms with Gasteiger partial charge in [-0.1, -0.05) is 30.3 Å². The summed E-state index contributed by atoms with van der Waals surface area (Å²) < 4.78 is 0. The average molecular weight is 321 g/mol. The summed E-state index contributed by atoms with van der Waals surface area (Å²) in [6, 6.07) is 16.9. The van der Waals surface area contributed by atoms with E-state index < -0.39 is 0 Å². The molecule has 0 aliphatic carbocycles. The monoisotopic (exact) mass is 321 g/mol. The van der Waals surface area contributed by atoms with Gasteiger partial charge in [-0.25, -0.2) is 4.98 Å². The molecule has 122 valence electrons. The SMILES string of the molecule is CCN(C(=O)CCc1nc2ccccc2[nH]c1=O)c1ccccc1. The number of H-pyrrole nitrogens is 1. The van der Waals surface area contributed by atoms with Crippen LogP contribution in [0.4, 0.5) is 5.69 Å². The number of hydrogen-bond acceptors (Lipinski definition) is 3. The molecule has 0 saturated heterocycles. The van der Waals surface area contributed by atoms with Gasteiger partial charge in [-0.05, 0) is 31.2 Å². The highest BCUT2D eigenvalue weighted by molar-refractivity contribution is 5.93. The summed E-state index contributed by atoms with van der Waals surface area (Å²) in [5.41, 5.74) is 2.47. The summed E-state index contributed by atoms with van der Waals surface area (Å²) in [6.07, 6.45) is 0.569. The van der Waals surface area contributed by atoms with Crippen LogP contribution in [0.2, 0.25) is 0 Å². The summed E-state index contributed by atoms with van der Waals surface area (Å²) in [5.74, 6) is -0.0157. The molecule has 24 heavy (non-hydrogen) atoms. The van der Waals surface area contributed by atoms with Crippen LogP contribution in [-0.4, -0.2) is 22.4 Å². The molecule has 0 unspecified atom stereocenters. The van der Waals surface area contributed by atoms with E-state index >= 15 is 0 Å². The quantitative estimate of drug-likeness (QED) is 0.786. The number of hydrogen-bond donors (Lipinski definition) is 1. The molecule has 5 nitrogen and oxygen atoms in total. The third kappa shape index (κ3) is 3.35. The highest BCUT2D eigenvalue weighted by Gasteiger charge is 2.15. The van der Waals surface area contributed by atoms with Gasteiger partial charge >= 0.3 is 0 Å². The Labute approximate surface area is 140 Å². The number of carbonyl (C=O) groups excluding carboxylic acids is 1. The third-order valence-electron chi connectivity index (χ3n) is 3.93. The lowest BCUT2D eigenvalue weighted by molar-refractivity contribution is -0.118. The Balaban J connectivity index is 1.76. The fourth-order valence-corrected chi connectivity index (χ4v) is 2.71. The molecule has 3 rings (SSSR count). The average Bonchev–Trinajstić information content (AvgIpc) is 2.61. The van der Waals surface area contributed by atoms with Gasteiger partial charge in [0.05, 0.1) is 11.0 Å². The molecule has 0 aliphatic heterocycles. The van der Waals surface area contributed by atoms with Gasteiger partial charge in [0, 0.05) is 25.1 Å². The van der Waals surface area contributed by atoms with E-state index in [1.54, 1.807) is 4.90 Å². The van der Waals surface area contributed by atoms with Gasteiger partial charge in [-0.15, -0.1) is 0 Å². The highest BCUT2D eigenvalue weighted by atomic mass is 16.2. The van der Waals surface area contributed by atoms with Crippen molar-refractivity contribution in [1.82, 2.24) is 9.97 Å². The number of nitrogens with zero attached hydrogens (tertiary/aromatic N) is 2. The predicted octanol–water partition coefficient (Wildman–Crippen LogP) is 2.91. The van der Waals surface area contributed by atoms with Gasteiger partial charge < -0.3 is 9.88 Å². The number of aryl methyl sites for hydroxylation is 1. The maximum atomic E-state index is 12.5. The van der Waals surface area contributed by atoms with Crippen molar-refractivity contribution in [2.45, 2.75) is 19.8 Å². The first-order valence-electron chi connectivity index (χ1n) is 8.02. The second-order valence-electron chi connectivity index (χ2n) is 5.50. The van der Waals surface area contributed by atoms with Crippen LogP contribution in [0.25, 0.3) is 11.0 Å². The van der Waals surface area contributed by atoms with Crippen molar-refractivity contribution >= 4 is 22.6 Å². The summed E-state index contributed by atoms with van der Waals surface area (Å²) in [7, 11) is 0. The number of benzene rings is 2. The van der Waals surface area contributed by atoms with Gasteiger partial charge in [-0.2, -0.15) is 0 Å². The number of anilines is 1. The van der Waals surface area contributed by atoms with Crippen molar-refractivity contribution < 1.29 is 4.79 Å². The van der Waals surface area contributed by atoms with Crippen molar-refractivity contribution in [3.05, 3.63) is 70.6 Å². The molecular weight excluding hydrogens is 302 g/mol. The normalized spacial score (nSPS) is 10.7. The predicted molar refractivity (Wildman–Crippen MR) is 95.2 cm³/mol. The Hall–Kier alpha value is -2.95. The molecule has 1 aromatic heterocycles. The molecule has 0 fully saturated rings. The Morgan fingerprint density at radius 2 is 1.79 bits per heavy atom. The number of fused-ring (bicyclic) bond motifs is 1. The molecule has 0 bridgehead atoms. The largest absolute Gasteiger partial charge is 0.319 e. The Morgan fingerprint density at radius 1 is 1.08 bits per heavy atom. The third-order valence-corrected chi connectivity index (χ3v) is 3.93. The van der Waals surface area contributed by atoms with Crippen LogP contribution >= 0.6 is 0 Å². The number of aromatic amines is 1. The minimum atomic E-state index is -0.232. The van der Waals surface area contributed by atoms with Crippen molar-refractivity contribution in [2.75, 3.05) is 11.4 Å². The van der Waals surface area contributed by atoms with Crippen molar-refractivity contribution in [1.29, 1.82) is 0 Å². The first kappa shape index (κ1) is 15.9. The molecule has 0 atom stereocenters. The second kappa shape index (κ2) is 7.08. The van der Waals surface area contributed by atoms with Crippen molar-refractivity contribution in [2.24, 2.45) is 0 Å². The molecule has 2 aromatic carbocycles. The first-order chi connectivity index (χ1) is 11.7. The number of carbonyl (C=O) groups is 1. The number of aromatic nitrogens is 2. The zero-order valence-corrected chi connectivity index (χ0v) is 13.5. The van der Waals surface area contributed by atoms with E-state index in [1.165, 1.54) is 0 Å². The molecule has 1 N–H and O–H groups in total. The van der Waals surface area contributed by atoms with Gasteiger partial charge in [0.1, 0.15) is 5.69 Å². The number of nitrogens with one attached hydrogen (secondary N) is 1. The number of para-hydroxylation sites is 3. The van der Waals surface area contributed by atoms with Crippen molar-refractivity contribution in [3.8, 4) is 0 Å². The molecule has 0 saturated carbocycles. The minimum Gasteiger partial charge on any atom is -0.319 e. The standard InChI is InChI=1S/C19H19N3O2/c1-2-22(14-8-4-3-5-9-14)18(23)13-12-17-19(24)21-16-11-7-6-10-15(16)20-17/h3-11H,2,12-13H2,1H3,(H,21,24). The minimum absolute atomic E-state index is 0.0157. The summed E-state index contributed by atoms with van der Waals surface area (Å²) in [4.78, 5) is 33.5. The number of rotatable bonds is 5. The van der Waals surface area contributed by atoms with E-state index in [0.717, 1.165) is 11.2 Å². The Bertz CT molecular complexity index is 903. The van der Waals surface area contributed by atoms with E-state index in [9.17, 15) is 9.59 Å². The molecule has 1 heterocycles.